The number of hydrogen-bond donors (Lipinski definition) is 1. The molecule has 0 amide bonds. The maximum Gasteiger partial charge on any atom is 0.0547 e. The van der Waals surface area contributed by atoms with Gasteiger partial charge in [-0.15, -0.1) is 0 Å². The molecule has 2 heteroatoms. The molecule has 0 atom stereocenters. The second-order valence-electron chi connectivity index (χ2n) is 10.6. The highest BCUT2D eigenvalue weighted by Crippen LogP contribution is 2.43. The van der Waals surface area contributed by atoms with Crippen LogP contribution in [0.25, 0.3) is 82.0 Å². The van der Waals surface area contributed by atoms with Gasteiger partial charge in [-0.3, -0.25) is 0 Å². The van der Waals surface area contributed by atoms with E-state index in [1.165, 1.54) is 82.0 Å². The molecule has 0 aliphatic heterocycles. The van der Waals surface area contributed by atoms with E-state index in [-0.39, 0.29) is 0 Å². The van der Waals surface area contributed by atoms with Crippen molar-refractivity contribution in [3.8, 4) is 16.8 Å². The van der Waals surface area contributed by atoms with Crippen LogP contribution in [-0.4, -0.2) is 9.55 Å². The van der Waals surface area contributed by atoms with E-state index in [2.05, 4.69) is 149 Å². The van der Waals surface area contributed by atoms with Gasteiger partial charge >= 0.3 is 0 Å². The number of aromatic amines is 1. The first kappa shape index (κ1) is 21.6. The number of nitrogens with zero attached hydrogens (tertiary/aromatic N) is 1. The first-order chi connectivity index (χ1) is 19.8. The number of fused-ring (bicyclic) bond motifs is 9. The third-order valence-corrected chi connectivity index (χ3v) is 8.49. The molecule has 0 unspecified atom stereocenters. The predicted octanol–water partition coefficient (Wildman–Crippen LogP) is 10.4. The molecule has 0 saturated carbocycles. The third kappa shape index (κ3) is 2.93. The highest BCUT2D eigenvalue weighted by molar-refractivity contribution is 6.26. The predicted molar refractivity (Wildman–Crippen MR) is 171 cm³/mol. The van der Waals surface area contributed by atoms with Gasteiger partial charge in [0.2, 0.25) is 0 Å². The lowest BCUT2D eigenvalue weighted by atomic mass is 9.94. The van der Waals surface area contributed by atoms with Crippen LogP contribution in [0.15, 0.2) is 140 Å². The SMILES string of the molecule is c1ccc2cc(-n3c4ccccc4c4c(-c5cccc6[nH]c7ccc8ccccc8c7c56)cccc43)ccc2c1. The number of hydrogen-bond acceptors (Lipinski definition) is 0. The number of nitrogens with one attached hydrogen (secondary N) is 1. The molecule has 2 heterocycles. The van der Waals surface area contributed by atoms with Crippen LogP contribution in [0.2, 0.25) is 0 Å². The molecule has 2 aromatic heterocycles. The van der Waals surface area contributed by atoms with Crippen molar-refractivity contribution in [3.63, 3.8) is 0 Å². The molecule has 1 N–H and O–H groups in total. The lowest BCUT2D eigenvalue weighted by molar-refractivity contribution is 1.19. The smallest absolute Gasteiger partial charge is 0.0547 e. The Morgan fingerprint density at radius 1 is 0.400 bits per heavy atom. The van der Waals surface area contributed by atoms with Gasteiger partial charge in [-0.25, -0.2) is 0 Å². The van der Waals surface area contributed by atoms with Gasteiger partial charge in [-0.1, -0.05) is 103 Å². The zero-order chi connectivity index (χ0) is 26.2. The third-order valence-electron chi connectivity index (χ3n) is 8.49. The monoisotopic (exact) mass is 508 g/mol. The van der Waals surface area contributed by atoms with Gasteiger partial charge in [-0.2, -0.15) is 0 Å². The van der Waals surface area contributed by atoms with Crippen molar-refractivity contribution in [1.82, 2.24) is 9.55 Å². The molecule has 186 valence electrons. The molecule has 7 aromatic carbocycles. The van der Waals surface area contributed by atoms with Crippen molar-refractivity contribution >= 4 is 65.2 Å². The average molecular weight is 509 g/mol. The Hall–Kier alpha value is -5.34. The summed E-state index contributed by atoms with van der Waals surface area (Å²) in [5.41, 5.74) is 8.47. The summed E-state index contributed by atoms with van der Waals surface area (Å²) >= 11 is 0. The molecule has 0 saturated heterocycles. The van der Waals surface area contributed by atoms with Gasteiger partial charge in [0.25, 0.3) is 0 Å². The first-order valence-electron chi connectivity index (χ1n) is 13.8. The number of benzene rings is 7. The van der Waals surface area contributed by atoms with Crippen LogP contribution in [0.4, 0.5) is 0 Å². The Morgan fingerprint density at radius 3 is 1.95 bits per heavy atom. The van der Waals surface area contributed by atoms with Crippen LogP contribution in [0.1, 0.15) is 0 Å². The summed E-state index contributed by atoms with van der Waals surface area (Å²) in [6, 6.07) is 50.7. The summed E-state index contributed by atoms with van der Waals surface area (Å²) in [7, 11) is 0. The molecule has 0 bridgehead atoms. The van der Waals surface area contributed by atoms with Gasteiger partial charge in [-0.05, 0) is 69.1 Å². The lowest BCUT2D eigenvalue weighted by Gasteiger charge is -2.11. The zero-order valence-electron chi connectivity index (χ0n) is 21.7. The minimum absolute atomic E-state index is 1.17. The van der Waals surface area contributed by atoms with E-state index in [1.54, 1.807) is 0 Å². The summed E-state index contributed by atoms with van der Waals surface area (Å²) in [6.45, 7) is 0. The minimum Gasteiger partial charge on any atom is -0.354 e. The summed E-state index contributed by atoms with van der Waals surface area (Å²) in [4.78, 5) is 3.71. The van der Waals surface area contributed by atoms with Gasteiger partial charge in [0, 0.05) is 38.3 Å². The van der Waals surface area contributed by atoms with Crippen molar-refractivity contribution in [2.24, 2.45) is 0 Å². The zero-order valence-corrected chi connectivity index (χ0v) is 21.7. The number of rotatable bonds is 2. The van der Waals surface area contributed by atoms with E-state index in [1.807, 2.05) is 0 Å². The fourth-order valence-electron chi connectivity index (χ4n) is 6.78. The van der Waals surface area contributed by atoms with Crippen molar-refractivity contribution in [3.05, 3.63) is 140 Å². The van der Waals surface area contributed by atoms with E-state index < -0.39 is 0 Å². The van der Waals surface area contributed by atoms with Gasteiger partial charge in [0.05, 0.1) is 11.0 Å². The molecular weight excluding hydrogens is 484 g/mol. The largest absolute Gasteiger partial charge is 0.354 e. The van der Waals surface area contributed by atoms with Crippen LogP contribution in [-0.2, 0) is 0 Å². The Morgan fingerprint density at radius 2 is 1.05 bits per heavy atom. The summed E-state index contributed by atoms with van der Waals surface area (Å²) in [5, 5.41) is 10.2. The molecular formula is C38H24N2. The molecule has 0 radical (unpaired) electrons. The van der Waals surface area contributed by atoms with Gasteiger partial charge in [0.15, 0.2) is 0 Å². The highest BCUT2D eigenvalue weighted by Gasteiger charge is 2.19. The molecule has 9 rings (SSSR count). The van der Waals surface area contributed by atoms with Crippen LogP contribution in [0.5, 0.6) is 0 Å². The number of H-pyrrole nitrogens is 1. The van der Waals surface area contributed by atoms with E-state index in [0.717, 1.165) is 0 Å². The first-order valence-corrected chi connectivity index (χ1v) is 13.8. The van der Waals surface area contributed by atoms with Crippen LogP contribution >= 0.6 is 0 Å². The second-order valence-corrected chi connectivity index (χ2v) is 10.6. The van der Waals surface area contributed by atoms with Crippen molar-refractivity contribution in [1.29, 1.82) is 0 Å². The summed E-state index contributed by atoms with van der Waals surface area (Å²) in [6.07, 6.45) is 0. The van der Waals surface area contributed by atoms with Gasteiger partial charge in [0.1, 0.15) is 0 Å². The summed E-state index contributed by atoms with van der Waals surface area (Å²) in [5.74, 6) is 0. The molecule has 0 aliphatic carbocycles. The van der Waals surface area contributed by atoms with Crippen molar-refractivity contribution < 1.29 is 0 Å². The Bertz CT molecular complexity index is 2440. The molecule has 0 spiro atoms. The summed E-state index contributed by atoms with van der Waals surface area (Å²) < 4.78 is 2.42. The molecule has 0 fully saturated rings. The fourth-order valence-corrected chi connectivity index (χ4v) is 6.78. The maximum absolute atomic E-state index is 3.71. The van der Waals surface area contributed by atoms with E-state index >= 15 is 0 Å². The Labute approximate surface area is 230 Å². The van der Waals surface area contributed by atoms with Crippen molar-refractivity contribution in [2.45, 2.75) is 0 Å². The fraction of sp³-hybridized carbons (Fsp3) is 0. The average Bonchev–Trinajstić information content (AvgIpc) is 3.57. The second kappa shape index (κ2) is 8.08. The Kier molecular flexibility index (Phi) is 4.36. The van der Waals surface area contributed by atoms with Crippen molar-refractivity contribution in [2.75, 3.05) is 0 Å². The van der Waals surface area contributed by atoms with E-state index in [4.69, 9.17) is 0 Å². The Balaban J connectivity index is 1.42. The van der Waals surface area contributed by atoms with Crippen LogP contribution in [0.3, 0.4) is 0 Å². The topological polar surface area (TPSA) is 20.7 Å². The normalized spacial score (nSPS) is 12.0. The standard InChI is InChI=1S/C38H24N2/c1-2-11-26-23-27(21-19-24(26)9-1)40-34-17-6-5-13-31(34)36-29(15-8-18-35(36)40)30-14-7-16-32-38(30)37-28-12-4-3-10-25(28)20-22-33(37)39-32/h1-23,39H. The number of para-hydroxylation sites is 1. The molecule has 40 heavy (non-hydrogen) atoms. The molecule has 2 nitrogen and oxygen atoms in total. The molecule has 9 aromatic rings. The number of aromatic nitrogens is 2. The van der Waals surface area contributed by atoms with Crippen LogP contribution < -0.4 is 0 Å². The molecule has 0 aliphatic rings. The lowest BCUT2D eigenvalue weighted by Crippen LogP contribution is -1.93. The van der Waals surface area contributed by atoms with E-state index in [0.29, 0.717) is 0 Å². The van der Waals surface area contributed by atoms with Gasteiger partial charge < -0.3 is 9.55 Å². The quantitative estimate of drug-likeness (QED) is 0.240. The van der Waals surface area contributed by atoms with Crippen LogP contribution in [0, 0.1) is 0 Å². The minimum atomic E-state index is 1.17. The maximum atomic E-state index is 3.71. The van der Waals surface area contributed by atoms with E-state index in [9.17, 15) is 0 Å². The highest BCUT2D eigenvalue weighted by atomic mass is 15.0.